The lowest BCUT2D eigenvalue weighted by Crippen LogP contribution is -2.53. The molecule has 10 heteroatoms. The van der Waals surface area contributed by atoms with Crippen molar-refractivity contribution < 1.29 is 27.1 Å². The Morgan fingerprint density at radius 3 is 2.29 bits per heavy atom. The van der Waals surface area contributed by atoms with E-state index >= 15 is 0 Å². The van der Waals surface area contributed by atoms with E-state index in [1.165, 1.54) is 23.1 Å². The van der Waals surface area contributed by atoms with Crippen LogP contribution in [-0.4, -0.2) is 50.4 Å². The molecule has 1 saturated carbocycles. The van der Waals surface area contributed by atoms with E-state index in [1.54, 1.807) is 74.5 Å². The lowest BCUT2D eigenvalue weighted by molar-refractivity contribution is -0.139. The number of hydrogen-bond donors (Lipinski definition) is 1. The lowest BCUT2D eigenvalue weighted by atomic mass is 9.95. The molecule has 3 aromatic rings. The fourth-order valence-electron chi connectivity index (χ4n) is 5.14. The van der Waals surface area contributed by atoms with Gasteiger partial charge >= 0.3 is 0 Å². The van der Waals surface area contributed by atoms with Crippen LogP contribution in [-0.2, 0) is 26.2 Å². The first-order valence-electron chi connectivity index (χ1n) is 14.3. The molecular formula is C32H38FN3O5S. The predicted octanol–water partition coefficient (Wildman–Crippen LogP) is 5.29. The largest absolute Gasteiger partial charge is 0.492 e. The molecule has 42 heavy (non-hydrogen) atoms. The molecule has 0 aromatic heterocycles. The van der Waals surface area contributed by atoms with Crippen LogP contribution in [0.1, 0.15) is 51.5 Å². The van der Waals surface area contributed by atoms with Gasteiger partial charge in [-0.2, -0.15) is 0 Å². The van der Waals surface area contributed by atoms with E-state index in [1.807, 2.05) is 0 Å². The highest BCUT2D eigenvalue weighted by molar-refractivity contribution is 7.92. The molecule has 0 saturated heterocycles. The van der Waals surface area contributed by atoms with Gasteiger partial charge in [-0.3, -0.25) is 13.9 Å². The lowest BCUT2D eigenvalue weighted by Gasteiger charge is -2.33. The van der Waals surface area contributed by atoms with Crippen LogP contribution in [0.4, 0.5) is 10.1 Å². The number of nitrogens with one attached hydrogen (secondary N) is 1. The number of halogens is 1. The molecular weight excluding hydrogens is 557 g/mol. The summed E-state index contributed by atoms with van der Waals surface area (Å²) in [5, 5.41) is 3.04. The number of rotatable bonds is 12. The van der Waals surface area contributed by atoms with Gasteiger partial charge in [-0.25, -0.2) is 12.8 Å². The number of carbonyl (C=O) groups is 2. The van der Waals surface area contributed by atoms with Gasteiger partial charge in [-0.05, 0) is 57.0 Å². The Kier molecular flexibility index (Phi) is 10.6. The van der Waals surface area contributed by atoms with Crippen molar-refractivity contribution in [2.24, 2.45) is 0 Å². The van der Waals surface area contributed by atoms with E-state index in [4.69, 9.17) is 4.74 Å². The van der Waals surface area contributed by atoms with Gasteiger partial charge in [0.2, 0.25) is 11.8 Å². The van der Waals surface area contributed by atoms with Crippen LogP contribution in [0.3, 0.4) is 0 Å². The van der Waals surface area contributed by atoms with Crippen LogP contribution in [0, 0.1) is 5.82 Å². The third kappa shape index (κ3) is 7.47. The van der Waals surface area contributed by atoms with Crippen molar-refractivity contribution in [2.75, 3.05) is 17.5 Å². The zero-order valence-electron chi connectivity index (χ0n) is 24.0. The van der Waals surface area contributed by atoms with Crippen LogP contribution in [0.25, 0.3) is 0 Å². The molecule has 0 spiro atoms. The smallest absolute Gasteiger partial charge is 0.264 e. The molecule has 4 rings (SSSR count). The molecule has 0 bridgehead atoms. The Hall–Kier alpha value is -3.92. The molecule has 1 N–H and O–H groups in total. The summed E-state index contributed by atoms with van der Waals surface area (Å²) in [6.07, 6.45) is 4.87. The fourth-order valence-corrected chi connectivity index (χ4v) is 6.58. The van der Waals surface area contributed by atoms with E-state index in [2.05, 4.69) is 5.32 Å². The number of nitrogens with zero attached hydrogens (tertiary/aromatic N) is 2. The summed E-state index contributed by atoms with van der Waals surface area (Å²) in [5.74, 6) is -1.25. The monoisotopic (exact) mass is 595 g/mol. The first-order valence-corrected chi connectivity index (χ1v) is 15.8. The van der Waals surface area contributed by atoms with Crippen molar-refractivity contribution in [3.05, 3.63) is 90.2 Å². The molecule has 3 aromatic carbocycles. The van der Waals surface area contributed by atoms with Crippen molar-refractivity contribution in [3.63, 3.8) is 0 Å². The van der Waals surface area contributed by atoms with Gasteiger partial charge in [0.15, 0.2) is 0 Å². The summed E-state index contributed by atoms with van der Waals surface area (Å²) in [7, 11) is -4.24. The SMILES string of the molecule is CCOc1ccccc1N(CC(=O)N(Cc1ccccc1F)C(C)C(=O)NC1CCCCC1)S(=O)(=O)c1ccccc1. The number of amides is 2. The second-order valence-electron chi connectivity index (χ2n) is 10.4. The second kappa shape index (κ2) is 14.3. The number of anilines is 1. The molecule has 0 aliphatic heterocycles. The highest BCUT2D eigenvalue weighted by Crippen LogP contribution is 2.33. The quantitative estimate of drug-likeness (QED) is 0.307. The standard InChI is InChI=1S/C32H38FN3O5S/c1-3-41-30-21-13-12-20-29(30)36(42(39,40)27-17-8-5-9-18-27)23-31(37)35(22-25-14-10-11-19-28(25)33)24(2)32(38)34-26-15-6-4-7-16-26/h5,8-14,17-21,24,26H,3-4,6-7,15-16,22-23H2,1-2H3,(H,34,38). The zero-order chi connectivity index (χ0) is 30.1. The Morgan fingerprint density at radius 1 is 0.952 bits per heavy atom. The van der Waals surface area contributed by atoms with E-state index in [0.29, 0.717) is 0 Å². The summed E-state index contributed by atoms with van der Waals surface area (Å²) < 4.78 is 49.5. The first-order chi connectivity index (χ1) is 20.2. The number of para-hydroxylation sites is 2. The van der Waals surface area contributed by atoms with Gasteiger partial charge < -0.3 is 15.0 Å². The van der Waals surface area contributed by atoms with Crippen LogP contribution in [0.15, 0.2) is 83.8 Å². The van der Waals surface area contributed by atoms with Crippen molar-refractivity contribution in [3.8, 4) is 5.75 Å². The third-order valence-electron chi connectivity index (χ3n) is 7.46. The molecule has 0 heterocycles. The summed E-state index contributed by atoms with van der Waals surface area (Å²) in [4.78, 5) is 28.7. The number of sulfonamides is 1. The van der Waals surface area contributed by atoms with Crippen molar-refractivity contribution in [1.82, 2.24) is 10.2 Å². The maximum atomic E-state index is 14.8. The van der Waals surface area contributed by atoms with Crippen molar-refractivity contribution in [2.45, 2.75) is 69.5 Å². The topological polar surface area (TPSA) is 96.0 Å². The van der Waals surface area contributed by atoms with Crippen molar-refractivity contribution in [1.29, 1.82) is 0 Å². The molecule has 1 aliphatic rings. The maximum Gasteiger partial charge on any atom is 0.264 e. The van der Waals surface area contributed by atoms with Crippen LogP contribution >= 0.6 is 0 Å². The van der Waals surface area contributed by atoms with Gasteiger partial charge in [-0.1, -0.05) is 67.8 Å². The average molecular weight is 596 g/mol. The molecule has 1 atom stereocenters. The zero-order valence-corrected chi connectivity index (χ0v) is 24.9. The first kappa shape index (κ1) is 31.0. The van der Waals surface area contributed by atoms with Crippen LogP contribution in [0.5, 0.6) is 5.75 Å². The summed E-state index contributed by atoms with van der Waals surface area (Å²) in [6.45, 7) is 2.80. The summed E-state index contributed by atoms with van der Waals surface area (Å²) in [5.41, 5.74) is 0.400. The number of carbonyl (C=O) groups excluding carboxylic acids is 2. The minimum Gasteiger partial charge on any atom is -0.492 e. The molecule has 224 valence electrons. The highest BCUT2D eigenvalue weighted by Gasteiger charge is 2.34. The van der Waals surface area contributed by atoms with Gasteiger partial charge in [0, 0.05) is 18.2 Å². The van der Waals surface area contributed by atoms with Crippen molar-refractivity contribution >= 4 is 27.5 Å². The minimum atomic E-state index is -4.24. The number of ether oxygens (including phenoxy) is 1. The Morgan fingerprint density at radius 2 is 1.60 bits per heavy atom. The summed E-state index contributed by atoms with van der Waals surface area (Å²) >= 11 is 0. The van der Waals surface area contributed by atoms with E-state index in [-0.39, 0.29) is 47.0 Å². The Labute approximate surface area is 247 Å². The maximum absolute atomic E-state index is 14.8. The second-order valence-corrected chi connectivity index (χ2v) is 12.2. The predicted molar refractivity (Wildman–Crippen MR) is 160 cm³/mol. The van der Waals surface area contributed by atoms with Gasteiger partial charge in [0.05, 0.1) is 17.2 Å². The molecule has 1 unspecified atom stereocenters. The number of hydrogen-bond acceptors (Lipinski definition) is 5. The molecule has 8 nitrogen and oxygen atoms in total. The Balaban J connectivity index is 1.71. The highest BCUT2D eigenvalue weighted by atomic mass is 32.2. The average Bonchev–Trinajstić information content (AvgIpc) is 3.00. The van der Waals surface area contributed by atoms with Gasteiger partial charge in [-0.15, -0.1) is 0 Å². The molecule has 0 radical (unpaired) electrons. The molecule has 1 aliphatic carbocycles. The van der Waals surface area contributed by atoms with Gasteiger partial charge in [0.25, 0.3) is 10.0 Å². The number of benzene rings is 3. The van der Waals surface area contributed by atoms with E-state index in [9.17, 15) is 22.4 Å². The fraction of sp³-hybridized carbons (Fsp3) is 0.375. The van der Waals surface area contributed by atoms with E-state index in [0.717, 1.165) is 36.4 Å². The Bertz CT molecular complexity index is 1460. The molecule has 1 fully saturated rings. The van der Waals surface area contributed by atoms with Gasteiger partial charge in [0.1, 0.15) is 24.2 Å². The van der Waals surface area contributed by atoms with E-state index < -0.39 is 34.3 Å². The minimum absolute atomic E-state index is 0.00661. The molecule has 2 amide bonds. The van der Waals surface area contributed by atoms with Crippen LogP contribution < -0.4 is 14.4 Å². The third-order valence-corrected chi connectivity index (χ3v) is 9.24. The van der Waals surface area contributed by atoms with Crippen LogP contribution in [0.2, 0.25) is 0 Å². The normalized spacial score (nSPS) is 14.5. The summed E-state index contributed by atoms with van der Waals surface area (Å²) in [6, 6.07) is 19.4.